The quantitative estimate of drug-likeness (QED) is 0.524. The maximum absolute atomic E-state index is 13.3. The Morgan fingerprint density at radius 3 is 2.43 bits per heavy atom. The number of benzene rings is 1. The molecule has 1 aromatic carbocycles. The molecule has 1 fully saturated rings. The van der Waals surface area contributed by atoms with E-state index in [0.29, 0.717) is 26.1 Å². The fourth-order valence-electron chi connectivity index (χ4n) is 4.46. The first-order valence-electron chi connectivity index (χ1n) is 11.9. The van der Waals surface area contributed by atoms with Crippen LogP contribution < -0.4 is 5.32 Å². The van der Waals surface area contributed by atoms with Crippen LogP contribution in [-0.2, 0) is 16.1 Å². The summed E-state index contributed by atoms with van der Waals surface area (Å²) in [7, 11) is 0. The summed E-state index contributed by atoms with van der Waals surface area (Å²) in [5.74, 6) is 0.735. The van der Waals surface area contributed by atoms with Crippen molar-refractivity contribution in [1.82, 2.24) is 20.1 Å². The molecule has 2 aromatic heterocycles. The lowest BCUT2D eigenvalue weighted by Crippen LogP contribution is -2.51. The SMILES string of the molecule is O=C(CN1CCN(CC(=O)N2N=C(c3cccs3)CC2c2ccco2)CC1)NCc1ccccc1. The molecule has 1 N–H and O–H groups in total. The maximum Gasteiger partial charge on any atom is 0.257 e. The number of thiophene rings is 1. The zero-order valence-electron chi connectivity index (χ0n) is 19.5. The van der Waals surface area contributed by atoms with Crippen molar-refractivity contribution in [3.8, 4) is 0 Å². The van der Waals surface area contributed by atoms with Gasteiger partial charge in [-0.15, -0.1) is 11.3 Å². The van der Waals surface area contributed by atoms with E-state index in [1.165, 1.54) is 0 Å². The number of furan rings is 1. The normalized spacial score (nSPS) is 19.0. The standard InChI is InChI=1S/C26H29N5O3S/c32-25(27-17-20-6-2-1-3-7-20)18-29-10-12-30(13-11-29)19-26(33)31-22(23-8-4-14-34-23)16-21(28-31)24-9-5-15-35-24/h1-9,14-15,22H,10-13,16-19H2,(H,27,32). The highest BCUT2D eigenvalue weighted by molar-refractivity contribution is 7.12. The molecule has 2 amide bonds. The molecule has 4 heterocycles. The molecular formula is C26H29N5O3S. The number of amides is 2. The number of hydrazone groups is 1. The Bertz CT molecular complexity index is 1140. The van der Waals surface area contributed by atoms with Gasteiger partial charge < -0.3 is 9.73 Å². The van der Waals surface area contributed by atoms with Gasteiger partial charge in [-0.1, -0.05) is 36.4 Å². The fraction of sp³-hybridized carbons (Fsp3) is 0.346. The summed E-state index contributed by atoms with van der Waals surface area (Å²) in [5.41, 5.74) is 2.00. The van der Waals surface area contributed by atoms with E-state index in [-0.39, 0.29) is 17.9 Å². The second kappa shape index (κ2) is 11.0. The third-order valence-electron chi connectivity index (χ3n) is 6.37. The number of hydrogen-bond acceptors (Lipinski definition) is 7. The Labute approximate surface area is 208 Å². The van der Waals surface area contributed by atoms with Crippen molar-refractivity contribution >= 4 is 28.9 Å². The van der Waals surface area contributed by atoms with Crippen molar-refractivity contribution in [1.29, 1.82) is 0 Å². The van der Waals surface area contributed by atoms with Crippen LogP contribution in [0.1, 0.15) is 28.7 Å². The largest absolute Gasteiger partial charge is 0.467 e. The summed E-state index contributed by atoms with van der Waals surface area (Å²) in [6, 6.07) is 17.5. The lowest BCUT2D eigenvalue weighted by atomic mass is 10.1. The summed E-state index contributed by atoms with van der Waals surface area (Å²) in [6.45, 7) is 4.17. The van der Waals surface area contributed by atoms with Crippen LogP contribution in [-0.4, -0.2) is 71.6 Å². The van der Waals surface area contributed by atoms with Crippen molar-refractivity contribution in [2.45, 2.75) is 19.0 Å². The molecule has 1 saturated heterocycles. The van der Waals surface area contributed by atoms with Gasteiger partial charge in [-0.3, -0.25) is 19.4 Å². The molecule has 0 radical (unpaired) electrons. The first-order valence-corrected chi connectivity index (χ1v) is 12.8. The van der Waals surface area contributed by atoms with Gasteiger partial charge in [-0.05, 0) is 29.1 Å². The summed E-state index contributed by atoms with van der Waals surface area (Å²) in [6.07, 6.45) is 2.28. The number of rotatable bonds is 8. The third kappa shape index (κ3) is 5.87. The average Bonchev–Trinajstić information content (AvgIpc) is 3.66. The van der Waals surface area contributed by atoms with Gasteiger partial charge in [0.05, 0.1) is 29.9 Å². The highest BCUT2D eigenvalue weighted by atomic mass is 32.1. The molecule has 1 atom stereocenters. The lowest BCUT2D eigenvalue weighted by Gasteiger charge is -2.34. The maximum atomic E-state index is 13.3. The molecular weight excluding hydrogens is 462 g/mol. The predicted molar refractivity (Wildman–Crippen MR) is 135 cm³/mol. The minimum absolute atomic E-state index is 0.0205. The van der Waals surface area contributed by atoms with Crippen LogP contribution in [0.5, 0.6) is 0 Å². The van der Waals surface area contributed by atoms with Gasteiger partial charge in [0.15, 0.2) is 0 Å². The smallest absolute Gasteiger partial charge is 0.257 e. The number of carbonyl (C=O) groups excluding carboxylic acids is 2. The van der Waals surface area contributed by atoms with E-state index in [1.54, 1.807) is 22.6 Å². The first-order chi connectivity index (χ1) is 17.2. The van der Waals surface area contributed by atoms with Crippen LogP contribution in [0.2, 0.25) is 0 Å². The van der Waals surface area contributed by atoms with Crippen molar-refractivity contribution in [2.75, 3.05) is 39.3 Å². The second-order valence-corrected chi connectivity index (χ2v) is 9.76. The molecule has 8 nitrogen and oxygen atoms in total. The molecule has 0 saturated carbocycles. The second-order valence-electron chi connectivity index (χ2n) is 8.81. The molecule has 0 spiro atoms. The number of carbonyl (C=O) groups is 2. The van der Waals surface area contributed by atoms with Gasteiger partial charge in [-0.25, -0.2) is 5.01 Å². The number of hydrogen-bond donors (Lipinski definition) is 1. The first kappa shape index (κ1) is 23.5. The topological polar surface area (TPSA) is 81.4 Å². The molecule has 0 bridgehead atoms. The number of piperazine rings is 1. The van der Waals surface area contributed by atoms with Crippen LogP contribution in [0, 0.1) is 0 Å². The highest BCUT2D eigenvalue weighted by Gasteiger charge is 2.36. The van der Waals surface area contributed by atoms with Crippen LogP contribution >= 0.6 is 11.3 Å². The van der Waals surface area contributed by atoms with Gasteiger partial charge in [0.2, 0.25) is 5.91 Å². The summed E-state index contributed by atoms with van der Waals surface area (Å²) in [5, 5.41) is 11.3. The van der Waals surface area contributed by atoms with Gasteiger partial charge in [0.25, 0.3) is 5.91 Å². The van der Waals surface area contributed by atoms with Crippen LogP contribution in [0.25, 0.3) is 0 Å². The number of nitrogens with one attached hydrogen (secondary N) is 1. The molecule has 5 rings (SSSR count). The van der Waals surface area contributed by atoms with E-state index >= 15 is 0 Å². The predicted octanol–water partition coefficient (Wildman–Crippen LogP) is 2.95. The lowest BCUT2D eigenvalue weighted by molar-refractivity contribution is -0.135. The molecule has 182 valence electrons. The highest BCUT2D eigenvalue weighted by Crippen LogP contribution is 2.34. The Morgan fingerprint density at radius 2 is 1.74 bits per heavy atom. The molecule has 2 aliphatic rings. The summed E-state index contributed by atoms with van der Waals surface area (Å²) in [4.78, 5) is 31.0. The molecule has 3 aromatic rings. The molecule has 35 heavy (non-hydrogen) atoms. The van der Waals surface area contributed by atoms with E-state index in [4.69, 9.17) is 9.52 Å². The molecule has 2 aliphatic heterocycles. The zero-order valence-corrected chi connectivity index (χ0v) is 20.3. The number of nitrogens with zero attached hydrogens (tertiary/aromatic N) is 4. The molecule has 1 unspecified atom stereocenters. The van der Waals surface area contributed by atoms with Gasteiger partial charge in [0, 0.05) is 39.1 Å². The van der Waals surface area contributed by atoms with Crippen LogP contribution in [0.15, 0.2) is 75.8 Å². The van der Waals surface area contributed by atoms with Crippen LogP contribution in [0.3, 0.4) is 0 Å². The fourth-order valence-corrected chi connectivity index (χ4v) is 5.18. The van der Waals surface area contributed by atoms with Crippen molar-refractivity contribution in [3.63, 3.8) is 0 Å². The van der Waals surface area contributed by atoms with E-state index in [1.807, 2.05) is 60.0 Å². The van der Waals surface area contributed by atoms with Crippen molar-refractivity contribution in [2.24, 2.45) is 5.10 Å². The molecule has 0 aliphatic carbocycles. The van der Waals surface area contributed by atoms with Gasteiger partial charge in [-0.2, -0.15) is 5.10 Å². The minimum atomic E-state index is -0.218. The Hall–Kier alpha value is -3.27. The van der Waals surface area contributed by atoms with E-state index in [0.717, 1.165) is 48.1 Å². The van der Waals surface area contributed by atoms with Crippen molar-refractivity contribution in [3.05, 3.63) is 82.4 Å². The monoisotopic (exact) mass is 491 g/mol. The minimum Gasteiger partial charge on any atom is -0.467 e. The van der Waals surface area contributed by atoms with E-state index in [2.05, 4.69) is 15.1 Å². The van der Waals surface area contributed by atoms with Crippen LogP contribution in [0.4, 0.5) is 0 Å². The third-order valence-corrected chi connectivity index (χ3v) is 7.29. The van der Waals surface area contributed by atoms with Crippen molar-refractivity contribution < 1.29 is 14.0 Å². The molecule has 9 heteroatoms. The Morgan fingerprint density at radius 1 is 0.971 bits per heavy atom. The van der Waals surface area contributed by atoms with Gasteiger partial charge in [0.1, 0.15) is 11.8 Å². The summed E-state index contributed by atoms with van der Waals surface area (Å²) >= 11 is 1.63. The zero-order chi connectivity index (χ0) is 24.0. The summed E-state index contributed by atoms with van der Waals surface area (Å²) < 4.78 is 5.63. The Balaban J connectivity index is 1.12. The van der Waals surface area contributed by atoms with E-state index in [9.17, 15) is 9.59 Å². The Kier molecular flexibility index (Phi) is 7.37. The van der Waals surface area contributed by atoms with Gasteiger partial charge >= 0.3 is 0 Å². The van der Waals surface area contributed by atoms with E-state index < -0.39 is 0 Å². The average molecular weight is 492 g/mol.